The van der Waals surface area contributed by atoms with Crippen LogP contribution in [0.15, 0.2) is 18.2 Å². The van der Waals surface area contributed by atoms with Gasteiger partial charge in [0.25, 0.3) is 0 Å². The van der Waals surface area contributed by atoms with E-state index in [2.05, 4.69) is 12.3 Å². The largest absolute Gasteiger partial charge is 0.271 e. The maximum atomic E-state index is 6.05. The number of hydrogen-bond acceptors (Lipinski definition) is 3. The van der Waals surface area contributed by atoms with E-state index in [4.69, 9.17) is 29.0 Å². The zero-order valence-corrected chi connectivity index (χ0v) is 12.7. The number of hydrogen-bond donors (Lipinski definition) is 2. The summed E-state index contributed by atoms with van der Waals surface area (Å²) in [5, 5.41) is 1.20. The van der Waals surface area contributed by atoms with Crippen LogP contribution in [0.2, 0.25) is 10.0 Å². The summed E-state index contributed by atoms with van der Waals surface area (Å²) in [6, 6.07) is 6.04. The third-order valence-corrected chi connectivity index (χ3v) is 5.99. The van der Waals surface area contributed by atoms with Gasteiger partial charge >= 0.3 is 0 Å². The molecular formula is C13H18Cl2N2S. The van der Waals surface area contributed by atoms with Crippen molar-refractivity contribution in [1.29, 1.82) is 0 Å². The van der Waals surface area contributed by atoms with Crippen molar-refractivity contribution in [3.63, 3.8) is 0 Å². The normalized spacial score (nSPS) is 25.3. The van der Waals surface area contributed by atoms with Gasteiger partial charge in [0.1, 0.15) is 0 Å². The highest BCUT2D eigenvalue weighted by Crippen LogP contribution is 2.41. The Morgan fingerprint density at radius 1 is 1.44 bits per heavy atom. The fourth-order valence-electron chi connectivity index (χ4n) is 2.43. The van der Waals surface area contributed by atoms with Crippen LogP contribution in [-0.2, 0) is 6.42 Å². The molecule has 0 aromatic heterocycles. The van der Waals surface area contributed by atoms with Gasteiger partial charge in [-0.15, -0.1) is 0 Å². The second-order valence-corrected chi connectivity index (χ2v) is 7.38. The molecule has 2 unspecified atom stereocenters. The second-order valence-electron chi connectivity index (χ2n) is 4.94. The van der Waals surface area contributed by atoms with Crippen molar-refractivity contribution < 1.29 is 0 Å². The van der Waals surface area contributed by atoms with Crippen molar-refractivity contribution in [2.45, 2.75) is 37.0 Å². The van der Waals surface area contributed by atoms with Crippen molar-refractivity contribution in [3.8, 4) is 0 Å². The van der Waals surface area contributed by atoms with Crippen molar-refractivity contribution in [2.24, 2.45) is 5.84 Å². The van der Waals surface area contributed by atoms with Crippen LogP contribution in [0.3, 0.4) is 0 Å². The lowest BCUT2D eigenvalue weighted by atomic mass is 9.91. The Kier molecular flexibility index (Phi) is 4.84. The van der Waals surface area contributed by atoms with Gasteiger partial charge in [0.15, 0.2) is 0 Å². The number of thioether (sulfide) groups is 1. The third-order valence-electron chi connectivity index (χ3n) is 3.61. The number of halogens is 2. The van der Waals surface area contributed by atoms with E-state index < -0.39 is 0 Å². The molecule has 0 bridgehead atoms. The Morgan fingerprint density at radius 3 is 2.78 bits per heavy atom. The van der Waals surface area contributed by atoms with Crippen molar-refractivity contribution >= 4 is 35.0 Å². The molecule has 18 heavy (non-hydrogen) atoms. The molecule has 2 atom stereocenters. The molecular weight excluding hydrogens is 287 g/mol. The molecule has 100 valence electrons. The Labute approximate surface area is 123 Å². The molecule has 0 saturated carbocycles. The van der Waals surface area contributed by atoms with E-state index in [0.717, 1.165) is 6.42 Å². The summed E-state index contributed by atoms with van der Waals surface area (Å²) in [4.78, 5) is 0. The molecule has 1 heterocycles. The number of benzene rings is 1. The van der Waals surface area contributed by atoms with Crippen molar-refractivity contribution in [1.82, 2.24) is 5.43 Å². The van der Waals surface area contributed by atoms with Crippen LogP contribution in [0.5, 0.6) is 0 Å². The van der Waals surface area contributed by atoms with E-state index in [1.54, 1.807) is 0 Å². The van der Waals surface area contributed by atoms with E-state index in [-0.39, 0.29) is 10.8 Å². The smallest absolute Gasteiger partial charge is 0.0595 e. The van der Waals surface area contributed by atoms with Crippen LogP contribution in [0, 0.1) is 0 Å². The van der Waals surface area contributed by atoms with E-state index in [1.165, 1.54) is 24.2 Å². The van der Waals surface area contributed by atoms with Gasteiger partial charge in [0.2, 0.25) is 0 Å². The van der Waals surface area contributed by atoms with Crippen LogP contribution in [-0.4, -0.2) is 16.5 Å². The van der Waals surface area contributed by atoms with Gasteiger partial charge in [-0.1, -0.05) is 29.3 Å². The van der Waals surface area contributed by atoms with Gasteiger partial charge in [-0.2, -0.15) is 11.8 Å². The first-order valence-electron chi connectivity index (χ1n) is 6.09. The van der Waals surface area contributed by atoms with Gasteiger partial charge in [0, 0.05) is 10.8 Å². The Morgan fingerprint density at radius 2 is 2.22 bits per heavy atom. The molecule has 1 aliphatic rings. The average molecular weight is 305 g/mol. The number of nitrogens with one attached hydrogen (secondary N) is 1. The summed E-state index contributed by atoms with van der Waals surface area (Å²) in [7, 11) is 0. The molecule has 0 radical (unpaired) electrons. The van der Waals surface area contributed by atoms with Crippen LogP contribution >= 0.6 is 35.0 Å². The highest BCUT2D eigenvalue weighted by atomic mass is 35.5. The second kappa shape index (κ2) is 6.02. The highest BCUT2D eigenvalue weighted by Gasteiger charge is 2.37. The van der Waals surface area contributed by atoms with Gasteiger partial charge in [0.05, 0.1) is 10.0 Å². The summed E-state index contributed by atoms with van der Waals surface area (Å²) in [6.07, 6.45) is 3.34. The minimum absolute atomic E-state index is 0.209. The van der Waals surface area contributed by atoms with E-state index in [1.807, 2.05) is 30.0 Å². The average Bonchev–Trinajstić information content (AvgIpc) is 2.78. The summed E-state index contributed by atoms with van der Waals surface area (Å²) >= 11 is 14.0. The molecule has 0 amide bonds. The Balaban J connectivity index is 2.12. The fourth-order valence-corrected chi connectivity index (χ4v) is 4.15. The topological polar surface area (TPSA) is 38.0 Å². The number of hydrazine groups is 1. The summed E-state index contributed by atoms with van der Waals surface area (Å²) < 4.78 is 0.209. The maximum absolute atomic E-state index is 6.05. The summed E-state index contributed by atoms with van der Waals surface area (Å²) in [5.41, 5.74) is 4.14. The number of nitrogens with two attached hydrogens (primary N) is 1. The minimum atomic E-state index is 0.209. The van der Waals surface area contributed by atoms with E-state index in [0.29, 0.717) is 10.0 Å². The van der Waals surface area contributed by atoms with E-state index in [9.17, 15) is 0 Å². The minimum Gasteiger partial charge on any atom is -0.271 e. The Hall–Kier alpha value is 0.0700. The van der Waals surface area contributed by atoms with E-state index >= 15 is 0 Å². The first kappa shape index (κ1) is 14.5. The predicted octanol–water partition coefficient (Wildman–Crippen LogP) is 3.65. The monoisotopic (exact) mass is 304 g/mol. The fraction of sp³-hybridized carbons (Fsp3) is 0.538. The third kappa shape index (κ3) is 3.14. The molecule has 1 saturated heterocycles. The molecule has 2 nitrogen and oxygen atoms in total. The molecule has 3 N–H and O–H groups in total. The van der Waals surface area contributed by atoms with Crippen LogP contribution < -0.4 is 11.3 Å². The molecule has 0 aliphatic carbocycles. The van der Waals surface area contributed by atoms with Crippen LogP contribution in [0.1, 0.15) is 25.3 Å². The molecule has 1 aromatic carbocycles. The summed E-state index contributed by atoms with van der Waals surface area (Å²) in [5.74, 6) is 6.95. The van der Waals surface area contributed by atoms with Gasteiger partial charge < -0.3 is 0 Å². The first-order chi connectivity index (χ1) is 8.55. The lowest BCUT2D eigenvalue weighted by Gasteiger charge is -2.33. The SMILES string of the molecule is CC1(C(Cc2ccc(Cl)c(Cl)c2)NN)CCCS1. The lowest BCUT2D eigenvalue weighted by molar-refractivity contribution is 0.405. The van der Waals surface area contributed by atoms with Crippen LogP contribution in [0.4, 0.5) is 0 Å². The molecule has 1 aliphatic heterocycles. The predicted molar refractivity (Wildman–Crippen MR) is 81.4 cm³/mol. The Bertz CT molecular complexity index is 419. The zero-order chi connectivity index (χ0) is 13.2. The van der Waals surface area contributed by atoms with Crippen molar-refractivity contribution in [2.75, 3.05) is 5.75 Å². The van der Waals surface area contributed by atoms with Gasteiger partial charge in [-0.3, -0.25) is 11.3 Å². The molecule has 1 fully saturated rings. The highest BCUT2D eigenvalue weighted by molar-refractivity contribution is 8.00. The molecule has 5 heteroatoms. The van der Waals surface area contributed by atoms with Gasteiger partial charge in [-0.25, -0.2) is 0 Å². The summed E-state index contributed by atoms with van der Waals surface area (Å²) in [6.45, 7) is 2.28. The first-order valence-corrected chi connectivity index (χ1v) is 7.83. The zero-order valence-electron chi connectivity index (χ0n) is 10.4. The maximum Gasteiger partial charge on any atom is 0.0595 e. The van der Waals surface area contributed by atoms with Crippen molar-refractivity contribution in [3.05, 3.63) is 33.8 Å². The van der Waals surface area contributed by atoms with Crippen LogP contribution in [0.25, 0.3) is 0 Å². The number of rotatable bonds is 4. The molecule has 1 aromatic rings. The quantitative estimate of drug-likeness (QED) is 0.658. The lowest BCUT2D eigenvalue weighted by Crippen LogP contribution is -2.49. The molecule has 0 spiro atoms. The molecule has 2 rings (SSSR count). The standard InChI is InChI=1S/C13H18Cl2N2S/c1-13(5-2-6-18-13)12(17-16)8-9-3-4-10(14)11(15)7-9/h3-4,7,12,17H,2,5-6,8,16H2,1H3. The van der Waals surface area contributed by atoms with Gasteiger partial charge in [-0.05, 0) is 49.6 Å².